The van der Waals surface area contributed by atoms with Crippen LogP contribution in [0.2, 0.25) is 0 Å². The van der Waals surface area contributed by atoms with E-state index < -0.39 is 0 Å². The minimum atomic E-state index is 0.392. The van der Waals surface area contributed by atoms with Crippen LogP contribution in [0.1, 0.15) is 31.6 Å². The predicted molar refractivity (Wildman–Crippen MR) is 71.4 cm³/mol. The molecule has 0 saturated carbocycles. The van der Waals surface area contributed by atoms with Crippen molar-refractivity contribution in [2.24, 2.45) is 0 Å². The Morgan fingerprint density at radius 1 is 1.44 bits per heavy atom. The molecular formula is C14H24N2O2. The lowest BCUT2D eigenvalue weighted by Crippen LogP contribution is -2.41. The van der Waals surface area contributed by atoms with E-state index in [0.29, 0.717) is 6.10 Å². The minimum Gasteiger partial charge on any atom is -0.468 e. The number of nitrogens with zero attached hydrogens (tertiary/aromatic N) is 1. The monoisotopic (exact) mass is 252 g/mol. The van der Waals surface area contributed by atoms with Crippen molar-refractivity contribution >= 4 is 0 Å². The molecule has 4 nitrogen and oxygen atoms in total. The summed E-state index contributed by atoms with van der Waals surface area (Å²) in [6.45, 7) is 9.94. The third kappa shape index (κ3) is 3.57. The number of ether oxygens (including phenoxy) is 1. The van der Waals surface area contributed by atoms with Crippen molar-refractivity contribution in [2.45, 2.75) is 39.5 Å². The van der Waals surface area contributed by atoms with Gasteiger partial charge in [0, 0.05) is 25.2 Å². The summed E-state index contributed by atoms with van der Waals surface area (Å²) in [4.78, 5) is 2.46. The maximum absolute atomic E-state index is 5.69. The molecule has 1 N–H and O–H groups in total. The van der Waals surface area contributed by atoms with Gasteiger partial charge in [-0.2, -0.15) is 0 Å². The maximum atomic E-state index is 5.69. The topological polar surface area (TPSA) is 37.6 Å². The van der Waals surface area contributed by atoms with Gasteiger partial charge in [0.05, 0.1) is 25.5 Å². The van der Waals surface area contributed by atoms with Gasteiger partial charge in [0.25, 0.3) is 0 Å². The van der Waals surface area contributed by atoms with E-state index in [1.54, 1.807) is 6.26 Å². The highest BCUT2D eigenvalue weighted by atomic mass is 16.5. The van der Waals surface area contributed by atoms with Crippen LogP contribution in [0.3, 0.4) is 0 Å². The Bertz CT molecular complexity index is 351. The SMILES string of the molecule is CCNCc1occc1CN1CCOC(CC)C1. The van der Waals surface area contributed by atoms with Gasteiger partial charge in [0.1, 0.15) is 5.76 Å². The van der Waals surface area contributed by atoms with E-state index in [2.05, 4.69) is 30.1 Å². The van der Waals surface area contributed by atoms with E-state index in [9.17, 15) is 0 Å². The summed E-state index contributed by atoms with van der Waals surface area (Å²) in [5, 5.41) is 3.31. The fourth-order valence-corrected chi connectivity index (χ4v) is 2.31. The molecule has 2 heterocycles. The lowest BCUT2D eigenvalue weighted by atomic mass is 10.2. The summed E-state index contributed by atoms with van der Waals surface area (Å²) in [6, 6.07) is 2.09. The summed E-state index contributed by atoms with van der Waals surface area (Å²) < 4.78 is 11.2. The van der Waals surface area contributed by atoms with Gasteiger partial charge in [-0.25, -0.2) is 0 Å². The molecule has 1 aliphatic rings. The van der Waals surface area contributed by atoms with Crippen LogP contribution < -0.4 is 5.32 Å². The summed E-state index contributed by atoms with van der Waals surface area (Å²) in [5.41, 5.74) is 1.30. The van der Waals surface area contributed by atoms with Crippen molar-refractivity contribution in [1.29, 1.82) is 0 Å². The fraction of sp³-hybridized carbons (Fsp3) is 0.714. The first-order chi connectivity index (χ1) is 8.83. The fourth-order valence-electron chi connectivity index (χ4n) is 2.31. The number of rotatable bonds is 6. The molecule has 2 rings (SSSR count). The summed E-state index contributed by atoms with van der Waals surface area (Å²) in [6.07, 6.45) is 3.27. The zero-order chi connectivity index (χ0) is 12.8. The van der Waals surface area contributed by atoms with E-state index in [0.717, 1.165) is 51.5 Å². The van der Waals surface area contributed by atoms with Crippen LogP contribution in [0.5, 0.6) is 0 Å². The molecule has 1 unspecified atom stereocenters. The molecule has 4 heteroatoms. The molecule has 0 amide bonds. The first-order valence-electron chi connectivity index (χ1n) is 6.93. The molecule has 1 aromatic heterocycles. The van der Waals surface area contributed by atoms with Crippen LogP contribution in [0.4, 0.5) is 0 Å². The van der Waals surface area contributed by atoms with Gasteiger partial charge >= 0.3 is 0 Å². The highest BCUT2D eigenvalue weighted by Crippen LogP contribution is 2.16. The molecule has 1 aliphatic heterocycles. The number of hydrogen-bond acceptors (Lipinski definition) is 4. The molecule has 1 atom stereocenters. The smallest absolute Gasteiger partial charge is 0.122 e. The van der Waals surface area contributed by atoms with Gasteiger partial charge in [-0.1, -0.05) is 13.8 Å². The molecule has 0 aromatic carbocycles. The average Bonchev–Trinajstić information content (AvgIpc) is 2.84. The quantitative estimate of drug-likeness (QED) is 0.840. The number of nitrogens with one attached hydrogen (secondary N) is 1. The zero-order valence-electron chi connectivity index (χ0n) is 11.4. The van der Waals surface area contributed by atoms with E-state index in [4.69, 9.17) is 9.15 Å². The molecule has 1 aromatic rings. The van der Waals surface area contributed by atoms with Crippen LogP contribution in [0.25, 0.3) is 0 Å². The second-order valence-corrected chi connectivity index (χ2v) is 4.79. The van der Waals surface area contributed by atoms with Crippen molar-refractivity contribution in [2.75, 3.05) is 26.2 Å². The summed E-state index contributed by atoms with van der Waals surface area (Å²) in [7, 11) is 0. The first-order valence-corrected chi connectivity index (χ1v) is 6.93. The van der Waals surface area contributed by atoms with Crippen molar-refractivity contribution < 1.29 is 9.15 Å². The van der Waals surface area contributed by atoms with Crippen LogP contribution >= 0.6 is 0 Å². The largest absolute Gasteiger partial charge is 0.468 e. The Kier molecular flexibility index (Phi) is 5.23. The Morgan fingerprint density at radius 3 is 3.11 bits per heavy atom. The van der Waals surface area contributed by atoms with Gasteiger partial charge in [0.15, 0.2) is 0 Å². The minimum absolute atomic E-state index is 0.392. The van der Waals surface area contributed by atoms with Crippen molar-refractivity contribution in [3.05, 3.63) is 23.7 Å². The Morgan fingerprint density at radius 2 is 2.33 bits per heavy atom. The molecule has 102 valence electrons. The van der Waals surface area contributed by atoms with Gasteiger partial charge < -0.3 is 14.5 Å². The first kappa shape index (κ1) is 13.6. The Balaban J connectivity index is 1.90. The third-order valence-electron chi connectivity index (χ3n) is 3.45. The van der Waals surface area contributed by atoms with Crippen molar-refractivity contribution in [3.8, 4) is 0 Å². The standard InChI is InChI=1S/C14H24N2O2/c1-3-13-11-16(6-8-17-13)10-12-5-7-18-14(12)9-15-4-2/h5,7,13,15H,3-4,6,8-11H2,1-2H3. The highest BCUT2D eigenvalue weighted by Gasteiger charge is 2.20. The molecule has 0 spiro atoms. The molecule has 0 radical (unpaired) electrons. The molecule has 1 saturated heterocycles. The summed E-state index contributed by atoms with van der Waals surface area (Å²) in [5.74, 6) is 1.07. The highest BCUT2D eigenvalue weighted by molar-refractivity contribution is 5.17. The maximum Gasteiger partial charge on any atom is 0.122 e. The molecule has 0 aliphatic carbocycles. The lowest BCUT2D eigenvalue weighted by molar-refractivity contribution is -0.0326. The van der Waals surface area contributed by atoms with Gasteiger partial charge in [-0.15, -0.1) is 0 Å². The number of morpholine rings is 1. The molecule has 1 fully saturated rings. The second-order valence-electron chi connectivity index (χ2n) is 4.79. The second kappa shape index (κ2) is 6.92. The lowest BCUT2D eigenvalue weighted by Gasteiger charge is -2.32. The van der Waals surface area contributed by atoms with E-state index in [1.165, 1.54) is 5.56 Å². The van der Waals surface area contributed by atoms with E-state index in [1.807, 2.05) is 0 Å². The van der Waals surface area contributed by atoms with Crippen LogP contribution in [0.15, 0.2) is 16.7 Å². The number of furan rings is 1. The molecular weight excluding hydrogens is 228 g/mol. The van der Waals surface area contributed by atoms with Crippen molar-refractivity contribution in [1.82, 2.24) is 10.2 Å². The van der Waals surface area contributed by atoms with E-state index in [-0.39, 0.29) is 0 Å². The average molecular weight is 252 g/mol. The van der Waals surface area contributed by atoms with Gasteiger partial charge in [-0.3, -0.25) is 4.90 Å². The number of hydrogen-bond donors (Lipinski definition) is 1. The van der Waals surface area contributed by atoms with Gasteiger partial charge in [0.2, 0.25) is 0 Å². The third-order valence-corrected chi connectivity index (χ3v) is 3.45. The molecule has 18 heavy (non-hydrogen) atoms. The van der Waals surface area contributed by atoms with Gasteiger partial charge in [-0.05, 0) is 19.0 Å². The Labute approximate surface area is 109 Å². The van der Waals surface area contributed by atoms with Crippen LogP contribution in [-0.2, 0) is 17.8 Å². The van der Waals surface area contributed by atoms with Crippen LogP contribution in [0, 0.1) is 0 Å². The van der Waals surface area contributed by atoms with Crippen LogP contribution in [-0.4, -0.2) is 37.2 Å². The van der Waals surface area contributed by atoms with Crippen molar-refractivity contribution in [3.63, 3.8) is 0 Å². The Hall–Kier alpha value is -0.840. The molecule has 0 bridgehead atoms. The normalized spacial score (nSPS) is 21.3. The zero-order valence-corrected chi connectivity index (χ0v) is 11.4. The van der Waals surface area contributed by atoms with E-state index >= 15 is 0 Å². The summed E-state index contributed by atoms with van der Waals surface area (Å²) >= 11 is 0. The predicted octanol–water partition coefficient (Wildman–Crippen LogP) is 2.00.